The average Bonchev–Trinajstić information content (AvgIpc) is 3.00. The lowest BCUT2D eigenvalue weighted by Crippen LogP contribution is -2.29. The summed E-state index contributed by atoms with van der Waals surface area (Å²) in [5, 5.41) is 10.9. The first-order chi connectivity index (χ1) is 19.1. The van der Waals surface area contributed by atoms with Gasteiger partial charge < -0.3 is 14.9 Å². The number of anilines is 4. The minimum atomic E-state index is -0.155. The van der Waals surface area contributed by atoms with Crippen molar-refractivity contribution in [3.63, 3.8) is 0 Å². The van der Waals surface area contributed by atoms with E-state index in [1.54, 1.807) is 0 Å². The van der Waals surface area contributed by atoms with Crippen LogP contribution >= 0.6 is 0 Å². The van der Waals surface area contributed by atoms with Crippen LogP contribution in [-0.4, -0.2) is 24.5 Å². The summed E-state index contributed by atoms with van der Waals surface area (Å²) in [6, 6.07) is 44.3. The van der Waals surface area contributed by atoms with E-state index in [1.165, 1.54) is 0 Å². The number of aliphatic hydroxyl groups excluding tert-OH is 1. The molecule has 5 aromatic rings. The van der Waals surface area contributed by atoms with Gasteiger partial charge in [0, 0.05) is 40.9 Å². The molecule has 1 heterocycles. The van der Waals surface area contributed by atoms with Gasteiger partial charge in [0.1, 0.15) is 5.76 Å². The number of ketones is 1. The van der Waals surface area contributed by atoms with Crippen LogP contribution < -0.4 is 9.80 Å². The summed E-state index contributed by atoms with van der Waals surface area (Å²) in [4.78, 5) is 17.6. The van der Waals surface area contributed by atoms with Crippen LogP contribution in [-0.2, 0) is 0 Å². The molecule has 0 spiro atoms. The molecule has 0 atom stereocenters. The highest BCUT2D eigenvalue weighted by Gasteiger charge is 2.26. The smallest absolute Gasteiger partial charge is 0.194 e. The molecule has 0 fully saturated rings. The second kappa shape index (κ2) is 10.3. The molecule has 6 rings (SSSR count). The molecule has 39 heavy (non-hydrogen) atoms. The third-order valence-electron chi connectivity index (χ3n) is 7.16. The number of para-hydroxylation sites is 3. The lowest BCUT2D eigenvalue weighted by molar-refractivity contribution is 0.103. The number of hydrogen-bond acceptors (Lipinski definition) is 4. The summed E-state index contributed by atoms with van der Waals surface area (Å²) < 4.78 is 0. The molecular weight excluding hydrogens is 480 g/mol. The van der Waals surface area contributed by atoms with E-state index >= 15 is 0 Å². The first kappa shape index (κ1) is 24.3. The average molecular weight is 509 g/mol. The van der Waals surface area contributed by atoms with Crippen molar-refractivity contribution in [1.29, 1.82) is 0 Å². The molecule has 0 bridgehead atoms. The van der Waals surface area contributed by atoms with E-state index < -0.39 is 0 Å². The predicted octanol–water partition coefficient (Wildman–Crippen LogP) is 8.43. The number of likely N-dealkylation sites (N-methyl/N-ethyl adjacent to an activating group) is 1. The van der Waals surface area contributed by atoms with Crippen LogP contribution in [0.25, 0.3) is 16.9 Å². The lowest BCUT2D eigenvalue weighted by atomic mass is 9.94. The van der Waals surface area contributed by atoms with Crippen molar-refractivity contribution in [3.05, 3.63) is 150 Å². The molecule has 1 aliphatic rings. The molecule has 5 aromatic carbocycles. The fourth-order valence-electron chi connectivity index (χ4n) is 5.14. The lowest BCUT2D eigenvalue weighted by Gasteiger charge is -2.28. The molecule has 1 aliphatic heterocycles. The summed E-state index contributed by atoms with van der Waals surface area (Å²) in [7, 11) is 1.93. The van der Waals surface area contributed by atoms with Crippen molar-refractivity contribution < 1.29 is 9.90 Å². The van der Waals surface area contributed by atoms with Crippen LogP contribution in [0.5, 0.6) is 0 Å². The van der Waals surface area contributed by atoms with Crippen LogP contribution in [0.4, 0.5) is 22.7 Å². The van der Waals surface area contributed by atoms with Gasteiger partial charge in [0.2, 0.25) is 0 Å². The topological polar surface area (TPSA) is 43.8 Å². The van der Waals surface area contributed by atoms with Gasteiger partial charge in [0.05, 0.1) is 12.1 Å². The highest BCUT2D eigenvalue weighted by molar-refractivity contribution is 6.14. The fraction of sp³-hybridized carbons (Fsp3) is 0.0571. The third kappa shape index (κ3) is 4.69. The summed E-state index contributed by atoms with van der Waals surface area (Å²) in [6.07, 6.45) is 0. The number of carbonyl (C=O) groups excluding carboxylic acids is 1. The maximum Gasteiger partial charge on any atom is 0.194 e. The Balaban J connectivity index is 1.26. The Kier molecular flexibility index (Phi) is 6.44. The largest absolute Gasteiger partial charge is 0.507 e. The van der Waals surface area contributed by atoms with Gasteiger partial charge >= 0.3 is 0 Å². The Bertz CT molecular complexity index is 1600. The summed E-state index contributed by atoms with van der Waals surface area (Å²) in [5.41, 5.74) is 7.91. The van der Waals surface area contributed by atoms with E-state index in [4.69, 9.17) is 0 Å². The van der Waals surface area contributed by atoms with E-state index in [-0.39, 0.29) is 11.5 Å². The Morgan fingerprint density at radius 1 is 0.641 bits per heavy atom. The van der Waals surface area contributed by atoms with Gasteiger partial charge in [0.15, 0.2) is 5.78 Å². The van der Waals surface area contributed by atoms with E-state index in [2.05, 4.69) is 53.4 Å². The molecule has 1 N–H and O–H groups in total. The normalized spacial score (nSPS) is 12.7. The molecule has 0 aliphatic carbocycles. The van der Waals surface area contributed by atoms with E-state index in [0.29, 0.717) is 23.2 Å². The molecule has 4 heteroatoms. The molecule has 0 saturated carbocycles. The summed E-state index contributed by atoms with van der Waals surface area (Å²) in [6.45, 7) is 0.365. The SMILES string of the molecule is CN1CC(C(=O)c2ccc(-c3ccc(N(c4ccccc4)c4ccccc4)cc3)cc2)=C(O)c2ccccc21. The zero-order valence-electron chi connectivity index (χ0n) is 21.7. The monoisotopic (exact) mass is 508 g/mol. The van der Waals surface area contributed by atoms with Crippen LogP contribution in [0.15, 0.2) is 139 Å². The fourth-order valence-corrected chi connectivity index (χ4v) is 5.14. The van der Waals surface area contributed by atoms with Crippen molar-refractivity contribution in [3.8, 4) is 11.1 Å². The Labute approximate surface area is 228 Å². The van der Waals surface area contributed by atoms with Gasteiger partial charge in [-0.25, -0.2) is 0 Å². The van der Waals surface area contributed by atoms with Crippen LogP contribution in [0.2, 0.25) is 0 Å². The molecule has 0 amide bonds. The first-order valence-electron chi connectivity index (χ1n) is 13.0. The standard InChI is InChI=1S/C35H28N2O2/c1-36-24-32(35(39)31-14-8-9-15-33(31)36)34(38)27-18-16-25(17-19-27)26-20-22-30(23-21-26)37(28-10-4-2-5-11-28)29-12-6-3-7-13-29/h2-23,39H,24H2,1H3. The second-order valence-electron chi connectivity index (χ2n) is 9.66. The van der Waals surface area contributed by atoms with Gasteiger partial charge in [-0.05, 0) is 59.7 Å². The number of rotatable bonds is 6. The zero-order chi connectivity index (χ0) is 26.8. The second-order valence-corrected chi connectivity index (χ2v) is 9.66. The first-order valence-corrected chi connectivity index (χ1v) is 13.0. The van der Waals surface area contributed by atoms with Crippen molar-refractivity contribution in [2.45, 2.75) is 0 Å². The molecule has 190 valence electrons. The minimum Gasteiger partial charge on any atom is -0.507 e. The molecule has 0 unspecified atom stereocenters. The van der Waals surface area contributed by atoms with Crippen molar-refractivity contribution in [2.75, 3.05) is 23.4 Å². The zero-order valence-corrected chi connectivity index (χ0v) is 21.7. The number of aliphatic hydroxyl groups is 1. The van der Waals surface area contributed by atoms with Crippen LogP contribution in [0.3, 0.4) is 0 Å². The number of Topliss-reactive ketones (excluding diaryl/α,β-unsaturated/α-hetero) is 1. The molecule has 0 saturated heterocycles. The van der Waals surface area contributed by atoms with Crippen molar-refractivity contribution >= 4 is 34.3 Å². The van der Waals surface area contributed by atoms with Gasteiger partial charge in [0.25, 0.3) is 0 Å². The van der Waals surface area contributed by atoms with E-state index in [9.17, 15) is 9.90 Å². The number of nitrogens with zero attached hydrogens (tertiary/aromatic N) is 2. The summed E-state index contributed by atoms with van der Waals surface area (Å²) in [5.74, 6) is -0.0909. The van der Waals surface area contributed by atoms with Crippen molar-refractivity contribution in [2.24, 2.45) is 0 Å². The number of hydrogen-bond donors (Lipinski definition) is 1. The number of benzene rings is 5. The maximum absolute atomic E-state index is 13.4. The maximum atomic E-state index is 13.4. The minimum absolute atomic E-state index is 0.0646. The molecule has 0 aromatic heterocycles. The van der Waals surface area contributed by atoms with Crippen LogP contribution in [0, 0.1) is 0 Å². The molecule has 4 nitrogen and oxygen atoms in total. The Hall–Kier alpha value is -5.09. The van der Waals surface area contributed by atoms with E-state index in [1.807, 2.05) is 96.9 Å². The van der Waals surface area contributed by atoms with Crippen molar-refractivity contribution in [1.82, 2.24) is 0 Å². The quantitative estimate of drug-likeness (QED) is 0.234. The van der Waals surface area contributed by atoms with Crippen LogP contribution in [0.1, 0.15) is 15.9 Å². The van der Waals surface area contributed by atoms with Gasteiger partial charge in [-0.1, -0.05) is 84.9 Å². The molecular formula is C35H28N2O2. The van der Waals surface area contributed by atoms with Gasteiger partial charge in [-0.3, -0.25) is 4.79 Å². The Morgan fingerprint density at radius 3 is 1.72 bits per heavy atom. The summed E-state index contributed by atoms with van der Waals surface area (Å²) >= 11 is 0. The Morgan fingerprint density at radius 2 is 1.13 bits per heavy atom. The predicted molar refractivity (Wildman–Crippen MR) is 160 cm³/mol. The number of fused-ring (bicyclic) bond motifs is 1. The third-order valence-corrected chi connectivity index (χ3v) is 7.16. The van der Waals surface area contributed by atoms with Gasteiger partial charge in [-0.15, -0.1) is 0 Å². The van der Waals surface area contributed by atoms with E-state index in [0.717, 1.165) is 33.9 Å². The number of carbonyl (C=O) groups is 1. The van der Waals surface area contributed by atoms with Gasteiger partial charge in [-0.2, -0.15) is 0 Å². The highest BCUT2D eigenvalue weighted by atomic mass is 16.3. The molecule has 0 radical (unpaired) electrons. The highest BCUT2D eigenvalue weighted by Crippen LogP contribution is 2.36.